The standard InChI is InChI=1S/C15H15N3O3S/c1-9-3-10(2)5-13(4-9)21-14-7-11(17-15(16)22)6-12(8-14)18(19)20/h3-8H,1-2H3,(H3,16,17,22). The molecule has 2 rings (SSSR count). The molecule has 6 nitrogen and oxygen atoms in total. The molecule has 3 N–H and O–H groups in total. The molecule has 2 aromatic carbocycles. The maximum absolute atomic E-state index is 11.0. The predicted molar refractivity (Wildman–Crippen MR) is 89.5 cm³/mol. The van der Waals surface area contributed by atoms with E-state index < -0.39 is 4.92 Å². The van der Waals surface area contributed by atoms with E-state index in [1.54, 1.807) is 6.07 Å². The van der Waals surface area contributed by atoms with Gasteiger partial charge in [-0.1, -0.05) is 6.07 Å². The zero-order valence-corrected chi connectivity index (χ0v) is 12.9. The molecule has 22 heavy (non-hydrogen) atoms. The highest BCUT2D eigenvalue weighted by atomic mass is 32.1. The molecule has 0 aliphatic rings. The number of benzene rings is 2. The van der Waals surface area contributed by atoms with Crippen LogP contribution < -0.4 is 15.8 Å². The van der Waals surface area contributed by atoms with Crippen LogP contribution in [0.5, 0.6) is 11.5 Å². The quantitative estimate of drug-likeness (QED) is 0.508. The van der Waals surface area contributed by atoms with Crippen molar-refractivity contribution in [1.29, 1.82) is 0 Å². The summed E-state index contributed by atoms with van der Waals surface area (Å²) in [6, 6.07) is 10.0. The van der Waals surface area contributed by atoms with Gasteiger partial charge in [0.2, 0.25) is 0 Å². The van der Waals surface area contributed by atoms with Crippen molar-refractivity contribution >= 4 is 28.7 Å². The average Bonchev–Trinajstić information content (AvgIpc) is 2.35. The van der Waals surface area contributed by atoms with E-state index in [2.05, 4.69) is 5.32 Å². The van der Waals surface area contributed by atoms with Crippen molar-refractivity contribution in [3.05, 3.63) is 57.6 Å². The van der Waals surface area contributed by atoms with E-state index in [0.717, 1.165) is 11.1 Å². The van der Waals surface area contributed by atoms with Crippen LogP contribution in [0.25, 0.3) is 0 Å². The molecule has 0 aliphatic heterocycles. The molecule has 0 fully saturated rings. The van der Waals surface area contributed by atoms with Gasteiger partial charge in [-0.3, -0.25) is 10.1 Å². The van der Waals surface area contributed by atoms with Crippen molar-refractivity contribution in [3.63, 3.8) is 0 Å². The van der Waals surface area contributed by atoms with E-state index in [9.17, 15) is 10.1 Å². The second kappa shape index (κ2) is 6.40. The predicted octanol–water partition coefficient (Wildman–Crippen LogP) is 3.66. The first-order valence-corrected chi connectivity index (χ1v) is 6.86. The normalized spacial score (nSPS) is 10.1. The van der Waals surface area contributed by atoms with Crippen LogP contribution in [0.15, 0.2) is 36.4 Å². The van der Waals surface area contributed by atoms with Gasteiger partial charge in [0, 0.05) is 12.1 Å². The molecule has 0 aliphatic carbocycles. The number of nitrogens with zero attached hydrogens (tertiary/aromatic N) is 1. The Morgan fingerprint density at radius 1 is 1.14 bits per heavy atom. The van der Waals surface area contributed by atoms with Crippen molar-refractivity contribution in [3.8, 4) is 11.5 Å². The molecule has 0 amide bonds. The van der Waals surface area contributed by atoms with E-state index in [1.165, 1.54) is 12.1 Å². The van der Waals surface area contributed by atoms with Crippen LogP contribution >= 0.6 is 12.2 Å². The summed E-state index contributed by atoms with van der Waals surface area (Å²) in [6.45, 7) is 3.90. The molecule has 114 valence electrons. The lowest BCUT2D eigenvalue weighted by molar-refractivity contribution is -0.384. The minimum absolute atomic E-state index is 0.0258. The Morgan fingerprint density at radius 3 is 2.27 bits per heavy atom. The van der Waals surface area contributed by atoms with Crippen molar-refractivity contribution in [2.24, 2.45) is 5.73 Å². The summed E-state index contributed by atoms with van der Waals surface area (Å²) in [7, 11) is 0. The molecule has 0 atom stereocenters. The van der Waals surface area contributed by atoms with E-state index in [1.807, 2.05) is 32.0 Å². The first-order chi connectivity index (χ1) is 10.3. The Morgan fingerprint density at radius 2 is 1.73 bits per heavy atom. The Bertz CT molecular complexity index is 727. The highest BCUT2D eigenvalue weighted by Gasteiger charge is 2.12. The molecule has 0 heterocycles. The molecule has 0 saturated carbocycles. The van der Waals surface area contributed by atoms with Gasteiger partial charge in [-0.05, 0) is 49.3 Å². The Labute approximate surface area is 133 Å². The second-order valence-corrected chi connectivity index (χ2v) is 5.33. The van der Waals surface area contributed by atoms with Gasteiger partial charge in [0.1, 0.15) is 11.5 Å². The fourth-order valence-corrected chi connectivity index (χ4v) is 2.21. The number of thiocarbonyl (C=S) groups is 1. The van der Waals surface area contributed by atoms with Gasteiger partial charge in [0.05, 0.1) is 16.7 Å². The number of hydrogen-bond donors (Lipinski definition) is 2. The summed E-state index contributed by atoms with van der Waals surface area (Å²) in [5.41, 5.74) is 7.78. The molecule has 0 saturated heterocycles. The van der Waals surface area contributed by atoms with E-state index in [-0.39, 0.29) is 10.8 Å². The van der Waals surface area contributed by atoms with Crippen LogP contribution in [0.2, 0.25) is 0 Å². The van der Waals surface area contributed by atoms with Gasteiger partial charge in [-0.25, -0.2) is 0 Å². The highest BCUT2D eigenvalue weighted by Crippen LogP contribution is 2.30. The summed E-state index contributed by atoms with van der Waals surface area (Å²) < 4.78 is 5.72. The molecule has 0 aromatic heterocycles. The number of anilines is 1. The van der Waals surface area contributed by atoms with Crippen LogP contribution in [0.1, 0.15) is 11.1 Å². The molecule has 2 aromatic rings. The lowest BCUT2D eigenvalue weighted by atomic mass is 10.1. The van der Waals surface area contributed by atoms with E-state index in [0.29, 0.717) is 17.2 Å². The molecule has 0 bridgehead atoms. The number of nitro benzene ring substituents is 1. The third kappa shape index (κ3) is 4.16. The first-order valence-electron chi connectivity index (χ1n) is 6.45. The van der Waals surface area contributed by atoms with Crippen LogP contribution in [0, 0.1) is 24.0 Å². The number of nitrogens with one attached hydrogen (secondary N) is 1. The Balaban J connectivity index is 2.38. The number of ether oxygens (including phenoxy) is 1. The smallest absolute Gasteiger partial charge is 0.275 e. The third-order valence-electron chi connectivity index (χ3n) is 2.80. The summed E-state index contributed by atoms with van der Waals surface area (Å²) in [4.78, 5) is 10.5. The zero-order chi connectivity index (χ0) is 16.3. The van der Waals surface area contributed by atoms with Gasteiger partial charge in [0.25, 0.3) is 5.69 Å². The van der Waals surface area contributed by atoms with Gasteiger partial charge < -0.3 is 15.8 Å². The van der Waals surface area contributed by atoms with Gasteiger partial charge in [-0.15, -0.1) is 0 Å². The van der Waals surface area contributed by atoms with Crippen molar-refractivity contribution in [1.82, 2.24) is 0 Å². The summed E-state index contributed by atoms with van der Waals surface area (Å²) >= 11 is 4.75. The maximum Gasteiger partial charge on any atom is 0.275 e. The van der Waals surface area contributed by atoms with Crippen LogP contribution in [-0.2, 0) is 0 Å². The fourth-order valence-electron chi connectivity index (χ4n) is 2.09. The maximum atomic E-state index is 11.0. The highest BCUT2D eigenvalue weighted by molar-refractivity contribution is 7.80. The zero-order valence-electron chi connectivity index (χ0n) is 12.1. The number of hydrogen-bond acceptors (Lipinski definition) is 4. The van der Waals surface area contributed by atoms with Gasteiger partial charge in [-0.2, -0.15) is 0 Å². The van der Waals surface area contributed by atoms with Crippen LogP contribution in [0.4, 0.5) is 11.4 Å². The molecule has 0 unspecified atom stereocenters. The fraction of sp³-hybridized carbons (Fsp3) is 0.133. The number of non-ortho nitro benzene ring substituents is 1. The second-order valence-electron chi connectivity index (χ2n) is 4.89. The van der Waals surface area contributed by atoms with Crippen LogP contribution in [0.3, 0.4) is 0 Å². The SMILES string of the molecule is Cc1cc(C)cc(Oc2cc(NC(N)=S)cc([N+](=O)[O-])c2)c1. The summed E-state index contributed by atoms with van der Waals surface area (Å²) in [6.07, 6.45) is 0. The summed E-state index contributed by atoms with van der Waals surface area (Å²) in [5.74, 6) is 0.942. The lowest BCUT2D eigenvalue weighted by Crippen LogP contribution is -2.18. The first kappa shape index (κ1) is 15.7. The van der Waals surface area contributed by atoms with Gasteiger partial charge in [0.15, 0.2) is 5.11 Å². The number of rotatable bonds is 4. The molecule has 0 spiro atoms. The average molecular weight is 317 g/mol. The lowest BCUT2D eigenvalue weighted by Gasteiger charge is -2.10. The largest absolute Gasteiger partial charge is 0.457 e. The van der Waals surface area contributed by atoms with Crippen molar-refractivity contribution in [2.45, 2.75) is 13.8 Å². The Hall–Kier alpha value is -2.67. The summed E-state index contributed by atoms with van der Waals surface area (Å²) in [5, 5.41) is 13.7. The molecule has 7 heteroatoms. The monoisotopic (exact) mass is 317 g/mol. The minimum Gasteiger partial charge on any atom is -0.457 e. The number of nitrogens with two attached hydrogens (primary N) is 1. The molecular formula is C15H15N3O3S. The van der Waals surface area contributed by atoms with Crippen LogP contribution in [-0.4, -0.2) is 10.0 Å². The minimum atomic E-state index is -0.501. The van der Waals surface area contributed by atoms with Crippen molar-refractivity contribution < 1.29 is 9.66 Å². The molecule has 0 radical (unpaired) electrons. The van der Waals surface area contributed by atoms with Crippen molar-refractivity contribution in [2.75, 3.05) is 5.32 Å². The topological polar surface area (TPSA) is 90.4 Å². The van der Waals surface area contributed by atoms with Gasteiger partial charge >= 0.3 is 0 Å². The molecular weight excluding hydrogens is 302 g/mol. The van der Waals surface area contributed by atoms with E-state index >= 15 is 0 Å². The third-order valence-corrected chi connectivity index (χ3v) is 2.90. The Kier molecular flexibility index (Phi) is 4.57. The number of nitro groups is 1. The van der Waals surface area contributed by atoms with E-state index in [4.69, 9.17) is 22.7 Å². The number of aryl methyl sites for hydroxylation is 2.